The Labute approximate surface area is 180 Å². The summed E-state index contributed by atoms with van der Waals surface area (Å²) in [4.78, 5) is 12.7. The van der Waals surface area contributed by atoms with E-state index >= 15 is 0 Å². The zero-order chi connectivity index (χ0) is 21.0. The number of nitrogens with zero attached hydrogens (tertiary/aromatic N) is 3. The van der Waals surface area contributed by atoms with Gasteiger partial charge in [-0.3, -0.25) is 9.80 Å². The van der Waals surface area contributed by atoms with Crippen LogP contribution in [0.25, 0.3) is 0 Å². The fourth-order valence-electron chi connectivity index (χ4n) is 5.14. The van der Waals surface area contributed by atoms with Crippen LogP contribution in [0.15, 0.2) is 64.8 Å². The summed E-state index contributed by atoms with van der Waals surface area (Å²) < 4.78 is 5.90. The molecule has 1 amide bonds. The van der Waals surface area contributed by atoms with Crippen LogP contribution < -0.4 is 21.2 Å². The lowest BCUT2D eigenvalue weighted by atomic mass is 9.61. The minimum Gasteiger partial charge on any atom is -0.457 e. The minimum atomic E-state index is -0.442. The van der Waals surface area contributed by atoms with Crippen molar-refractivity contribution in [2.45, 2.75) is 24.9 Å². The molecule has 4 N–H and O–H groups in total. The monoisotopic (exact) mass is 416 g/mol. The van der Waals surface area contributed by atoms with Crippen molar-refractivity contribution in [3.63, 3.8) is 0 Å². The molecule has 2 fully saturated rings. The molecule has 0 aromatic heterocycles. The van der Waals surface area contributed by atoms with Crippen LogP contribution in [0.1, 0.15) is 18.4 Å². The van der Waals surface area contributed by atoms with Crippen molar-refractivity contribution in [3.8, 4) is 11.5 Å². The van der Waals surface area contributed by atoms with E-state index in [1.807, 2.05) is 59.6 Å². The lowest BCUT2D eigenvalue weighted by Gasteiger charge is -2.56. The van der Waals surface area contributed by atoms with E-state index in [0.717, 1.165) is 48.7 Å². The number of hydrazone groups is 2. The number of carbonyl (C=O) groups excluding carboxylic acids is 1. The zero-order valence-corrected chi connectivity index (χ0v) is 17.0. The molecule has 1 aliphatic carbocycles. The highest BCUT2D eigenvalue weighted by Crippen LogP contribution is 2.49. The van der Waals surface area contributed by atoms with Gasteiger partial charge in [0.05, 0.1) is 11.6 Å². The predicted octanol–water partition coefficient (Wildman–Crippen LogP) is 1.64. The molecule has 3 aliphatic heterocycles. The van der Waals surface area contributed by atoms with Crippen molar-refractivity contribution in [2.75, 3.05) is 13.1 Å². The summed E-state index contributed by atoms with van der Waals surface area (Å²) in [5, 5.41) is 14.3. The summed E-state index contributed by atoms with van der Waals surface area (Å²) in [6, 6.07) is 17.2. The Balaban J connectivity index is 1.28. The van der Waals surface area contributed by atoms with Gasteiger partial charge in [0.15, 0.2) is 0 Å². The molecule has 2 atom stereocenters. The summed E-state index contributed by atoms with van der Waals surface area (Å²) >= 11 is 0. The van der Waals surface area contributed by atoms with Crippen molar-refractivity contribution >= 4 is 17.5 Å². The number of amides is 1. The van der Waals surface area contributed by atoms with E-state index in [1.54, 1.807) is 0 Å². The Kier molecular flexibility index (Phi) is 4.04. The van der Waals surface area contributed by atoms with E-state index < -0.39 is 6.04 Å². The van der Waals surface area contributed by atoms with Crippen molar-refractivity contribution in [1.29, 1.82) is 0 Å². The number of hydrogen-bond donors (Lipinski definition) is 3. The Morgan fingerprint density at radius 3 is 2.42 bits per heavy atom. The van der Waals surface area contributed by atoms with Crippen LogP contribution in [0.4, 0.5) is 0 Å². The molecule has 3 heterocycles. The third-order valence-corrected chi connectivity index (χ3v) is 6.84. The largest absolute Gasteiger partial charge is 0.457 e. The molecule has 2 aromatic rings. The number of rotatable bonds is 4. The van der Waals surface area contributed by atoms with E-state index in [9.17, 15) is 4.79 Å². The second-order valence-corrected chi connectivity index (χ2v) is 8.91. The SMILES string of the molecule is NC1=NNC(=O)C2C1C(c1ccc(Oc3ccccc3)cc1)=NN2C1CC2(CNC2)C1. The van der Waals surface area contributed by atoms with Crippen molar-refractivity contribution < 1.29 is 9.53 Å². The maximum atomic E-state index is 12.7. The van der Waals surface area contributed by atoms with Crippen LogP contribution in [0.3, 0.4) is 0 Å². The number of para-hydroxylation sites is 1. The topological polar surface area (TPSA) is 104 Å². The Morgan fingerprint density at radius 1 is 1.03 bits per heavy atom. The molecule has 2 aromatic carbocycles. The molecule has 4 aliphatic rings. The molecule has 6 rings (SSSR count). The number of carbonyl (C=O) groups is 1. The second kappa shape index (κ2) is 6.81. The summed E-state index contributed by atoms with van der Waals surface area (Å²) in [7, 11) is 0. The number of nitrogens with two attached hydrogens (primary N) is 1. The minimum absolute atomic E-state index is 0.144. The first-order chi connectivity index (χ1) is 15.1. The van der Waals surface area contributed by atoms with Crippen LogP contribution >= 0.6 is 0 Å². The first-order valence-corrected chi connectivity index (χ1v) is 10.7. The van der Waals surface area contributed by atoms with Gasteiger partial charge >= 0.3 is 0 Å². The fourth-order valence-corrected chi connectivity index (χ4v) is 5.14. The lowest BCUT2D eigenvalue weighted by molar-refractivity contribution is -0.131. The van der Waals surface area contributed by atoms with Gasteiger partial charge in [-0.05, 0) is 60.2 Å². The van der Waals surface area contributed by atoms with Gasteiger partial charge in [0, 0.05) is 19.1 Å². The van der Waals surface area contributed by atoms with Crippen molar-refractivity contribution in [2.24, 2.45) is 27.3 Å². The van der Waals surface area contributed by atoms with Gasteiger partial charge < -0.3 is 15.8 Å². The van der Waals surface area contributed by atoms with Crippen LogP contribution in [0.5, 0.6) is 11.5 Å². The lowest BCUT2D eigenvalue weighted by Crippen LogP contribution is -2.66. The standard InChI is InChI=1S/C23H24N6O2/c24-21-18-19(14-6-8-17(9-7-14)31-16-4-2-1-3-5-16)28-29(20(18)22(30)27-26-21)15-10-23(11-15)12-25-13-23/h1-9,15,18,20,25H,10-13H2,(H2,24,26)(H,27,30). The van der Waals surface area contributed by atoms with Gasteiger partial charge in [0.25, 0.3) is 5.91 Å². The summed E-state index contributed by atoms with van der Waals surface area (Å²) in [5.41, 5.74) is 10.9. The Bertz CT molecular complexity index is 1070. The molecular formula is C23H24N6O2. The number of hydrogen-bond acceptors (Lipinski definition) is 7. The van der Waals surface area contributed by atoms with Crippen molar-refractivity contribution in [3.05, 3.63) is 60.2 Å². The third kappa shape index (κ3) is 2.97. The van der Waals surface area contributed by atoms with Gasteiger partial charge in [0.2, 0.25) is 0 Å². The van der Waals surface area contributed by atoms with E-state index in [0.29, 0.717) is 11.3 Å². The maximum Gasteiger partial charge on any atom is 0.265 e. The van der Waals surface area contributed by atoms with Crippen LogP contribution in [-0.2, 0) is 4.79 Å². The molecule has 0 bridgehead atoms. The van der Waals surface area contributed by atoms with E-state index in [-0.39, 0.29) is 17.9 Å². The molecular weight excluding hydrogens is 392 g/mol. The predicted molar refractivity (Wildman–Crippen MR) is 117 cm³/mol. The first-order valence-electron chi connectivity index (χ1n) is 10.7. The summed E-state index contributed by atoms with van der Waals surface area (Å²) in [5.74, 6) is 1.43. The van der Waals surface area contributed by atoms with Gasteiger partial charge in [0.1, 0.15) is 23.4 Å². The highest BCUT2D eigenvalue weighted by Gasteiger charge is 2.56. The van der Waals surface area contributed by atoms with Gasteiger partial charge in [-0.1, -0.05) is 18.2 Å². The molecule has 2 unspecified atom stereocenters. The van der Waals surface area contributed by atoms with Gasteiger partial charge in [-0.2, -0.15) is 10.2 Å². The number of ether oxygens (including phenoxy) is 1. The highest BCUT2D eigenvalue weighted by atomic mass is 16.5. The smallest absolute Gasteiger partial charge is 0.265 e. The second-order valence-electron chi connectivity index (χ2n) is 8.91. The molecule has 158 valence electrons. The van der Waals surface area contributed by atoms with Crippen LogP contribution in [0, 0.1) is 11.3 Å². The van der Waals surface area contributed by atoms with Crippen LogP contribution in [0.2, 0.25) is 0 Å². The average molecular weight is 416 g/mol. The van der Waals surface area contributed by atoms with E-state index in [2.05, 4.69) is 15.8 Å². The molecule has 1 saturated heterocycles. The van der Waals surface area contributed by atoms with Gasteiger partial charge in [-0.25, -0.2) is 5.43 Å². The molecule has 0 radical (unpaired) electrons. The number of benzene rings is 2. The van der Waals surface area contributed by atoms with E-state index in [1.165, 1.54) is 0 Å². The average Bonchev–Trinajstić information content (AvgIpc) is 3.12. The number of amidine groups is 1. The summed E-state index contributed by atoms with van der Waals surface area (Å²) in [6.07, 6.45) is 2.10. The maximum absolute atomic E-state index is 12.7. The normalized spacial score (nSPS) is 26.3. The number of fused-ring (bicyclic) bond motifs is 1. The van der Waals surface area contributed by atoms with Gasteiger partial charge in [-0.15, -0.1) is 0 Å². The summed E-state index contributed by atoms with van der Waals surface area (Å²) in [6.45, 7) is 2.11. The molecule has 1 spiro atoms. The van der Waals surface area contributed by atoms with Crippen LogP contribution in [-0.4, -0.2) is 47.6 Å². The fraction of sp³-hybridized carbons (Fsp3) is 0.348. The molecule has 1 saturated carbocycles. The number of nitrogens with one attached hydrogen (secondary N) is 2. The quantitative estimate of drug-likeness (QED) is 0.703. The third-order valence-electron chi connectivity index (χ3n) is 6.84. The van der Waals surface area contributed by atoms with E-state index in [4.69, 9.17) is 15.6 Å². The zero-order valence-electron chi connectivity index (χ0n) is 17.0. The highest BCUT2D eigenvalue weighted by molar-refractivity contribution is 6.19. The Hall–Kier alpha value is -3.39. The molecule has 8 nitrogen and oxygen atoms in total. The Morgan fingerprint density at radius 2 is 1.74 bits per heavy atom. The molecule has 8 heteroatoms. The molecule has 31 heavy (non-hydrogen) atoms. The first kappa shape index (κ1) is 18.4. The van der Waals surface area contributed by atoms with Crippen molar-refractivity contribution in [1.82, 2.24) is 15.8 Å².